The van der Waals surface area contributed by atoms with Gasteiger partial charge in [-0.25, -0.2) is 0 Å². The van der Waals surface area contributed by atoms with Crippen molar-refractivity contribution < 1.29 is 13.2 Å². The maximum atomic E-state index is 12.5. The van der Waals surface area contributed by atoms with E-state index >= 15 is 0 Å². The van der Waals surface area contributed by atoms with Crippen LogP contribution >= 0.6 is 28.1 Å². The van der Waals surface area contributed by atoms with Gasteiger partial charge in [-0.3, -0.25) is 5.43 Å². The Bertz CT molecular complexity index is 697. The number of benzene rings is 2. The zero-order chi connectivity index (χ0) is 16.9. The molecule has 0 fully saturated rings. The fourth-order valence-corrected chi connectivity index (χ4v) is 2.05. The van der Waals surface area contributed by atoms with Crippen molar-refractivity contribution in [1.82, 2.24) is 5.43 Å². The van der Waals surface area contributed by atoms with Crippen molar-refractivity contribution in [1.29, 1.82) is 0 Å². The van der Waals surface area contributed by atoms with E-state index in [4.69, 9.17) is 12.2 Å². The van der Waals surface area contributed by atoms with Gasteiger partial charge in [-0.1, -0.05) is 28.1 Å². The smallest absolute Gasteiger partial charge is 0.331 e. The van der Waals surface area contributed by atoms with Gasteiger partial charge in [0, 0.05) is 10.2 Å². The van der Waals surface area contributed by atoms with Crippen LogP contribution in [-0.2, 0) is 6.18 Å². The summed E-state index contributed by atoms with van der Waals surface area (Å²) in [6, 6.07) is 12.0. The van der Waals surface area contributed by atoms with Gasteiger partial charge >= 0.3 is 6.18 Å². The molecular weight excluding hydrogens is 391 g/mol. The summed E-state index contributed by atoms with van der Waals surface area (Å²) in [6.45, 7) is 0. The standard InChI is InChI=1S/C15H11BrF3N3S/c16-12-5-1-10(2-6-12)9-20-22-14(23)21-13-7-3-11(4-8-13)15(17,18)19/h1-9H,(H2,21,22,23)/b20-9+. The van der Waals surface area contributed by atoms with Gasteiger partial charge in [0.25, 0.3) is 0 Å². The second-order valence-corrected chi connectivity index (χ2v) is 5.77. The first-order valence-electron chi connectivity index (χ1n) is 6.37. The van der Waals surface area contributed by atoms with Crippen LogP contribution in [0.2, 0.25) is 0 Å². The first-order valence-corrected chi connectivity index (χ1v) is 7.57. The van der Waals surface area contributed by atoms with Gasteiger partial charge in [0.2, 0.25) is 0 Å². The molecule has 0 amide bonds. The van der Waals surface area contributed by atoms with E-state index < -0.39 is 11.7 Å². The Morgan fingerprint density at radius 3 is 2.22 bits per heavy atom. The minimum Gasteiger partial charge on any atom is -0.331 e. The summed E-state index contributed by atoms with van der Waals surface area (Å²) < 4.78 is 38.3. The van der Waals surface area contributed by atoms with E-state index in [1.165, 1.54) is 12.1 Å². The highest BCUT2D eigenvalue weighted by atomic mass is 79.9. The first-order chi connectivity index (χ1) is 10.8. The molecule has 0 aliphatic carbocycles. The molecule has 0 radical (unpaired) electrons. The van der Waals surface area contributed by atoms with E-state index in [1.807, 2.05) is 24.3 Å². The van der Waals surface area contributed by atoms with Gasteiger partial charge in [-0.05, 0) is 54.2 Å². The second kappa shape index (κ2) is 7.56. The molecular formula is C15H11BrF3N3S. The summed E-state index contributed by atoms with van der Waals surface area (Å²) in [5.74, 6) is 0. The third-order valence-electron chi connectivity index (χ3n) is 2.72. The second-order valence-electron chi connectivity index (χ2n) is 4.45. The molecule has 0 saturated heterocycles. The molecule has 0 heterocycles. The number of halogens is 4. The molecule has 0 atom stereocenters. The van der Waals surface area contributed by atoms with Crippen molar-refractivity contribution in [2.45, 2.75) is 6.18 Å². The van der Waals surface area contributed by atoms with Crippen molar-refractivity contribution in [3.05, 3.63) is 64.1 Å². The van der Waals surface area contributed by atoms with Gasteiger partial charge in [0.05, 0.1) is 11.8 Å². The van der Waals surface area contributed by atoms with E-state index in [2.05, 4.69) is 31.8 Å². The molecule has 23 heavy (non-hydrogen) atoms. The van der Waals surface area contributed by atoms with Crippen molar-refractivity contribution >= 4 is 45.2 Å². The Kier molecular flexibility index (Phi) is 5.73. The molecule has 0 spiro atoms. The molecule has 0 saturated carbocycles. The number of hydrazone groups is 1. The van der Waals surface area contributed by atoms with E-state index in [0.29, 0.717) is 5.69 Å². The van der Waals surface area contributed by atoms with Gasteiger partial charge in [-0.15, -0.1) is 0 Å². The molecule has 0 unspecified atom stereocenters. The predicted octanol–water partition coefficient (Wildman–Crippen LogP) is 4.79. The summed E-state index contributed by atoms with van der Waals surface area (Å²) in [5, 5.41) is 6.88. The molecule has 0 aliphatic rings. The number of rotatable bonds is 3. The molecule has 0 aliphatic heterocycles. The Balaban J connectivity index is 1.88. The molecule has 2 N–H and O–H groups in total. The SMILES string of the molecule is FC(F)(F)c1ccc(NC(=S)N/N=C/c2ccc(Br)cc2)cc1. The molecule has 2 rings (SSSR count). The van der Waals surface area contributed by atoms with Crippen molar-refractivity contribution in [2.24, 2.45) is 5.10 Å². The van der Waals surface area contributed by atoms with E-state index in [9.17, 15) is 13.2 Å². The van der Waals surface area contributed by atoms with Crippen LogP contribution in [0.15, 0.2) is 58.1 Å². The maximum Gasteiger partial charge on any atom is 0.416 e. The number of alkyl halides is 3. The predicted molar refractivity (Wildman–Crippen MR) is 92.5 cm³/mol. The topological polar surface area (TPSA) is 36.4 Å². The number of anilines is 1. The summed E-state index contributed by atoms with van der Waals surface area (Å²) >= 11 is 8.34. The molecule has 0 aromatic heterocycles. The van der Waals surface area contributed by atoms with Crippen LogP contribution in [0.1, 0.15) is 11.1 Å². The normalized spacial score (nSPS) is 11.5. The number of nitrogens with zero attached hydrogens (tertiary/aromatic N) is 1. The van der Waals surface area contributed by atoms with Gasteiger partial charge in [0.1, 0.15) is 0 Å². The molecule has 0 bridgehead atoms. The van der Waals surface area contributed by atoms with E-state index in [-0.39, 0.29) is 5.11 Å². The minimum absolute atomic E-state index is 0.179. The summed E-state index contributed by atoms with van der Waals surface area (Å²) in [7, 11) is 0. The molecule has 2 aromatic rings. The first kappa shape index (κ1) is 17.4. The van der Waals surface area contributed by atoms with E-state index in [1.54, 1.807) is 6.21 Å². The zero-order valence-corrected chi connectivity index (χ0v) is 14.0. The number of hydrogen-bond acceptors (Lipinski definition) is 2. The quantitative estimate of drug-likeness (QED) is 0.441. The Hall–Kier alpha value is -1.93. The largest absolute Gasteiger partial charge is 0.416 e. The lowest BCUT2D eigenvalue weighted by Gasteiger charge is -2.09. The Morgan fingerprint density at radius 1 is 1.04 bits per heavy atom. The number of nitrogens with one attached hydrogen (secondary N) is 2. The molecule has 120 valence electrons. The van der Waals surface area contributed by atoms with Crippen LogP contribution in [0, 0.1) is 0 Å². The fourth-order valence-electron chi connectivity index (χ4n) is 1.62. The zero-order valence-electron chi connectivity index (χ0n) is 11.6. The third-order valence-corrected chi connectivity index (χ3v) is 3.44. The summed E-state index contributed by atoms with van der Waals surface area (Å²) in [6.07, 6.45) is -2.78. The molecule has 8 heteroatoms. The van der Waals surface area contributed by atoms with Crippen molar-refractivity contribution in [3.8, 4) is 0 Å². The number of hydrogen-bond donors (Lipinski definition) is 2. The van der Waals surface area contributed by atoms with Crippen LogP contribution in [0.3, 0.4) is 0 Å². The third kappa shape index (κ3) is 5.65. The average molecular weight is 402 g/mol. The minimum atomic E-state index is -4.35. The average Bonchev–Trinajstić information content (AvgIpc) is 2.49. The number of thiocarbonyl (C=S) groups is 1. The van der Waals surface area contributed by atoms with E-state index in [0.717, 1.165) is 22.2 Å². The van der Waals surface area contributed by atoms with Crippen LogP contribution in [0.25, 0.3) is 0 Å². The lowest BCUT2D eigenvalue weighted by molar-refractivity contribution is -0.137. The highest BCUT2D eigenvalue weighted by Crippen LogP contribution is 2.29. The fraction of sp³-hybridized carbons (Fsp3) is 0.0667. The van der Waals surface area contributed by atoms with Gasteiger partial charge in [0.15, 0.2) is 5.11 Å². The maximum absolute atomic E-state index is 12.5. The monoisotopic (exact) mass is 401 g/mol. The van der Waals surface area contributed by atoms with Crippen LogP contribution < -0.4 is 10.7 Å². The highest BCUT2D eigenvalue weighted by molar-refractivity contribution is 9.10. The van der Waals surface area contributed by atoms with Gasteiger partial charge < -0.3 is 5.32 Å². The lowest BCUT2D eigenvalue weighted by atomic mass is 10.2. The van der Waals surface area contributed by atoms with Crippen molar-refractivity contribution in [3.63, 3.8) is 0 Å². The van der Waals surface area contributed by atoms with Crippen LogP contribution in [0.5, 0.6) is 0 Å². The van der Waals surface area contributed by atoms with Crippen LogP contribution in [0.4, 0.5) is 18.9 Å². The van der Waals surface area contributed by atoms with Gasteiger partial charge in [-0.2, -0.15) is 18.3 Å². The Labute approximate surface area is 144 Å². The van der Waals surface area contributed by atoms with Crippen molar-refractivity contribution in [2.75, 3.05) is 5.32 Å². The summed E-state index contributed by atoms with van der Waals surface area (Å²) in [4.78, 5) is 0. The Morgan fingerprint density at radius 2 is 1.65 bits per heavy atom. The van der Waals surface area contributed by atoms with Crippen LogP contribution in [-0.4, -0.2) is 11.3 Å². The summed E-state index contributed by atoms with van der Waals surface area (Å²) in [5.41, 5.74) is 3.19. The lowest BCUT2D eigenvalue weighted by Crippen LogP contribution is -2.23. The molecule has 3 nitrogen and oxygen atoms in total. The highest BCUT2D eigenvalue weighted by Gasteiger charge is 2.29. The molecule has 2 aromatic carbocycles.